The molecule has 3 heteroatoms. The molecule has 1 aromatic rings. The molecule has 13 heavy (non-hydrogen) atoms. The minimum absolute atomic E-state index is 0.582. The SMILES string of the molecule is CB(O)c1cc(C)c(C)cc1C=O. The molecule has 1 rings (SSSR count). The Morgan fingerprint density at radius 1 is 1.31 bits per heavy atom. The van der Waals surface area contributed by atoms with Gasteiger partial charge >= 0.3 is 6.92 Å². The highest BCUT2D eigenvalue weighted by molar-refractivity contribution is 6.66. The van der Waals surface area contributed by atoms with Gasteiger partial charge in [0.25, 0.3) is 0 Å². The van der Waals surface area contributed by atoms with E-state index in [1.54, 1.807) is 6.82 Å². The van der Waals surface area contributed by atoms with Gasteiger partial charge in [0.15, 0.2) is 0 Å². The van der Waals surface area contributed by atoms with Crippen molar-refractivity contribution >= 4 is 18.7 Å². The second kappa shape index (κ2) is 3.75. The van der Waals surface area contributed by atoms with Crippen LogP contribution in [0.2, 0.25) is 6.82 Å². The maximum Gasteiger partial charge on any atom is 0.321 e. The van der Waals surface area contributed by atoms with Gasteiger partial charge in [-0.1, -0.05) is 12.9 Å². The van der Waals surface area contributed by atoms with E-state index in [-0.39, 0.29) is 0 Å². The van der Waals surface area contributed by atoms with E-state index in [9.17, 15) is 9.82 Å². The fraction of sp³-hybridized carbons (Fsp3) is 0.300. The average Bonchev–Trinajstić information content (AvgIpc) is 2.08. The third-order valence-corrected chi connectivity index (χ3v) is 2.28. The van der Waals surface area contributed by atoms with Crippen molar-refractivity contribution < 1.29 is 9.82 Å². The van der Waals surface area contributed by atoms with Crippen LogP contribution in [0.25, 0.3) is 0 Å². The number of carbonyl (C=O) groups excluding carboxylic acids is 1. The molecule has 0 amide bonds. The maximum absolute atomic E-state index is 10.7. The molecule has 0 aromatic heterocycles. The van der Waals surface area contributed by atoms with Crippen LogP contribution in [0.1, 0.15) is 21.5 Å². The summed E-state index contributed by atoms with van der Waals surface area (Å²) in [4.78, 5) is 10.7. The van der Waals surface area contributed by atoms with Gasteiger partial charge in [0, 0.05) is 5.56 Å². The summed E-state index contributed by atoms with van der Waals surface area (Å²) in [6, 6.07) is 3.67. The normalized spacial score (nSPS) is 9.85. The van der Waals surface area contributed by atoms with Crippen molar-refractivity contribution in [1.82, 2.24) is 0 Å². The Labute approximate surface area is 78.7 Å². The predicted octanol–water partition coefficient (Wildman–Crippen LogP) is 0.937. The van der Waals surface area contributed by atoms with Crippen LogP contribution in [0.4, 0.5) is 0 Å². The molecular weight excluding hydrogens is 163 g/mol. The van der Waals surface area contributed by atoms with Crippen molar-refractivity contribution in [1.29, 1.82) is 0 Å². The van der Waals surface area contributed by atoms with E-state index in [4.69, 9.17) is 0 Å². The maximum atomic E-state index is 10.7. The summed E-state index contributed by atoms with van der Waals surface area (Å²) >= 11 is 0. The molecular formula is C10H13BO2. The number of carbonyl (C=O) groups is 1. The van der Waals surface area contributed by atoms with Gasteiger partial charge in [0.05, 0.1) is 0 Å². The summed E-state index contributed by atoms with van der Waals surface area (Å²) in [6.07, 6.45) is 0.786. The van der Waals surface area contributed by atoms with Gasteiger partial charge in [-0.3, -0.25) is 4.79 Å². The fourth-order valence-corrected chi connectivity index (χ4v) is 1.32. The van der Waals surface area contributed by atoms with Gasteiger partial charge in [-0.25, -0.2) is 0 Å². The molecule has 0 unspecified atom stereocenters. The van der Waals surface area contributed by atoms with Gasteiger partial charge in [0.1, 0.15) is 6.29 Å². The molecule has 0 aliphatic carbocycles. The zero-order chi connectivity index (χ0) is 10.0. The molecule has 0 bridgehead atoms. The van der Waals surface area contributed by atoms with E-state index in [1.165, 1.54) is 0 Å². The van der Waals surface area contributed by atoms with Crippen LogP contribution in [-0.2, 0) is 0 Å². The number of benzene rings is 1. The molecule has 2 nitrogen and oxygen atoms in total. The predicted molar refractivity (Wildman–Crippen MR) is 54.8 cm³/mol. The Kier molecular flexibility index (Phi) is 2.88. The number of hydrogen-bond donors (Lipinski definition) is 1. The monoisotopic (exact) mass is 176 g/mol. The number of aryl methyl sites for hydroxylation is 2. The van der Waals surface area contributed by atoms with Crippen molar-refractivity contribution in [3.63, 3.8) is 0 Å². The molecule has 0 aliphatic heterocycles. The van der Waals surface area contributed by atoms with Crippen molar-refractivity contribution in [2.24, 2.45) is 0 Å². The Morgan fingerprint density at radius 3 is 2.31 bits per heavy atom. The Balaban J connectivity index is 3.32. The minimum atomic E-state index is -0.584. The lowest BCUT2D eigenvalue weighted by Crippen LogP contribution is -2.30. The van der Waals surface area contributed by atoms with Crippen LogP contribution >= 0.6 is 0 Å². The zero-order valence-electron chi connectivity index (χ0n) is 8.16. The Morgan fingerprint density at radius 2 is 1.85 bits per heavy atom. The molecule has 0 heterocycles. The number of rotatable bonds is 2. The molecule has 0 aliphatic rings. The van der Waals surface area contributed by atoms with E-state index in [0.717, 1.165) is 17.4 Å². The van der Waals surface area contributed by atoms with Crippen LogP contribution in [0.15, 0.2) is 12.1 Å². The topological polar surface area (TPSA) is 37.3 Å². The molecule has 0 atom stereocenters. The van der Waals surface area contributed by atoms with E-state index >= 15 is 0 Å². The first-order chi connectivity index (χ1) is 6.06. The molecule has 0 fully saturated rings. The summed E-state index contributed by atoms with van der Waals surface area (Å²) < 4.78 is 0. The van der Waals surface area contributed by atoms with Gasteiger partial charge < -0.3 is 5.02 Å². The molecule has 0 radical (unpaired) electrons. The molecule has 0 saturated carbocycles. The standard InChI is InChI=1S/C10H13BO2/c1-7-4-9(6-12)10(11(3)13)5-8(7)2/h4-6,13H,1-3H3. The van der Waals surface area contributed by atoms with Gasteiger partial charge in [-0.2, -0.15) is 0 Å². The van der Waals surface area contributed by atoms with E-state index < -0.39 is 6.92 Å². The zero-order valence-corrected chi connectivity index (χ0v) is 8.16. The van der Waals surface area contributed by atoms with Crippen molar-refractivity contribution in [2.75, 3.05) is 0 Å². The fourth-order valence-electron chi connectivity index (χ4n) is 1.32. The molecule has 0 saturated heterocycles. The molecule has 1 aromatic carbocycles. The Hall–Kier alpha value is -1.09. The largest absolute Gasteiger partial charge is 0.446 e. The van der Waals surface area contributed by atoms with Crippen molar-refractivity contribution in [3.8, 4) is 0 Å². The van der Waals surface area contributed by atoms with Gasteiger partial charge in [0.2, 0.25) is 0 Å². The van der Waals surface area contributed by atoms with E-state index in [1.807, 2.05) is 26.0 Å². The first kappa shape index (κ1) is 10.00. The molecule has 1 N–H and O–H groups in total. The van der Waals surface area contributed by atoms with Crippen molar-refractivity contribution in [3.05, 3.63) is 28.8 Å². The lowest BCUT2D eigenvalue weighted by atomic mass is 9.62. The lowest BCUT2D eigenvalue weighted by molar-refractivity contribution is 0.112. The van der Waals surface area contributed by atoms with Gasteiger partial charge in [-0.05, 0) is 36.5 Å². The van der Waals surface area contributed by atoms with E-state index in [2.05, 4.69) is 0 Å². The summed E-state index contributed by atoms with van der Waals surface area (Å²) in [6.45, 7) is 5.00. The second-order valence-electron chi connectivity index (χ2n) is 3.36. The summed E-state index contributed by atoms with van der Waals surface area (Å²) in [5.74, 6) is 0. The van der Waals surface area contributed by atoms with Crippen LogP contribution in [-0.4, -0.2) is 18.2 Å². The van der Waals surface area contributed by atoms with E-state index in [0.29, 0.717) is 11.0 Å². The average molecular weight is 176 g/mol. The highest BCUT2D eigenvalue weighted by Crippen LogP contribution is 2.07. The van der Waals surface area contributed by atoms with Crippen LogP contribution in [0.3, 0.4) is 0 Å². The quantitative estimate of drug-likeness (QED) is 0.537. The van der Waals surface area contributed by atoms with Crippen LogP contribution in [0, 0.1) is 13.8 Å². The smallest absolute Gasteiger partial charge is 0.321 e. The molecule has 68 valence electrons. The highest BCUT2D eigenvalue weighted by atomic mass is 16.2. The highest BCUT2D eigenvalue weighted by Gasteiger charge is 2.12. The summed E-state index contributed by atoms with van der Waals surface area (Å²) in [5.41, 5.74) is 3.46. The third kappa shape index (κ3) is 1.98. The third-order valence-electron chi connectivity index (χ3n) is 2.28. The van der Waals surface area contributed by atoms with Crippen molar-refractivity contribution in [2.45, 2.75) is 20.7 Å². The van der Waals surface area contributed by atoms with Crippen LogP contribution < -0.4 is 5.46 Å². The number of hydrogen-bond acceptors (Lipinski definition) is 2. The summed E-state index contributed by atoms with van der Waals surface area (Å²) in [7, 11) is 0. The number of aldehydes is 1. The first-order valence-corrected chi connectivity index (χ1v) is 4.30. The van der Waals surface area contributed by atoms with Crippen LogP contribution in [0.5, 0.6) is 0 Å². The molecule has 0 spiro atoms. The second-order valence-corrected chi connectivity index (χ2v) is 3.36. The first-order valence-electron chi connectivity index (χ1n) is 4.30. The minimum Gasteiger partial charge on any atom is -0.446 e. The van der Waals surface area contributed by atoms with Gasteiger partial charge in [-0.15, -0.1) is 0 Å². The Bertz CT molecular complexity index is 332. The lowest BCUT2D eigenvalue weighted by Gasteiger charge is -2.08. The summed E-state index contributed by atoms with van der Waals surface area (Å²) in [5, 5.41) is 9.39.